The molecule has 0 fully saturated rings. The SMILES string of the molecule is O=C(c1ccncc1)N(CCCl)CCCl. The number of rotatable bonds is 5. The molecule has 0 aliphatic rings. The van der Waals surface area contributed by atoms with E-state index < -0.39 is 0 Å². The van der Waals surface area contributed by atoms with Crippen LogP contribution in [0.3, 0.4) is 0 Å². The quantitative estimate of drug-likeness (QED) is 0.745. The second-order valence-electron chi connectivity index (χ2n) is 2.91. The highest BCUT2D eigenvalue weighted by molar-refractivity contribution is 6.18. The number of aromatic nitrogens is 1. The van der Waals surface area contributed by atoms with Gasteiger partial charge in [-0.2, -0.15) is 0 Å². The number of pyridine rings is 1. The second kappa shape index (κ2) is 6.64. The molecule has 0 saturated carbocycles. The highest BCUT2D eigenvalue weighted by Gasteiger charge is 2.13. The van der Waals surface area contributed by atoms with Crippen LogP contribution in [0.2, 0.25) is 0 Å². The third-order valence-corrected chi connectivity index (χ3v) is 2.26. The molecule has 5 heteroatoms. The van der Waals surface area contributed by atoms with Gasteiger partial charge in [0, 0.05) is 42.8 Å². The van der Waals surface area contributed by atoms with Crippen LogP contribution in [0.5, 0.6) is 0 Å². The third-order valence-electron chi connectivity index (χ3n) is 1.92. The molecule has 0 unspecified atom stereocenters. The molecule has 0 bridgehead atoms. The Morgan fingerprint density at radius 3 is 2.20 bits per heavy atom. The Morgan fingerprint density at radius 1 is 1.20 bits per heavy atom. The van der Waals surface area contributed by atoms with Crippen LogP contribution in [0.4, 0.5) is 0 Å². The highest BCUT2D eigenvalue weighted by atomic mass is 35.5. The van der Waals surface area contributed by atoms with E-state index in [9.17, 15) is 4.79 Å². The molecule has 0 N–H and O–H groups in total. The molecule has 15 heavy (non-hydrogen) atoms. The van der Waals surface area contributed by atoms with Crippen molar-refractivity contribution in [2.24, 2.45) is 0 Å². The Bertz CT molecular complexity index is 300. The molecule has 0 radical (unpaired) electrons. The molecule has 0 aromatic carbocycles. The summed E-state index contributed by atoms with van der Waals surface area (Å²) in [4.78, 5) is 17.4. The molecule has 82 valence electrons. The van der Waals surface area contributed by atoms with Crippen LogP contribution in [-0.2, 0) is 0 Å². The van der Waals surface area contributed by atoms with Crippen molar-refractivity contribution in [3.8, 4) is 0 Å². The average molecular weight is 247 g/mol. The summed E-state index contributed by atoms with van der Waals surface area (Å²) in [6, 6.07) is 3.36. The number of halogens is 2. The van der Waals surface area contributed by atoms with Gasteiger partial charge in [-0.25, -0.2) is 0 Å². The summed E-state index contributed by atoms with van der Waals surface area (Å²) in [7, 11) is 0. The number of hydrogen-bond donors (Lipinski definition) is 0. The predicted octanol–water partition coefficient (Wildman–Crippen LogP) is 2.00. The van der Waals surface area contributed by atoms with Gasteiger partial charge in [0.2, 0.25) is 0 Å². The molecule has 0 atom stereocenters. The highest BCUT2D eigenvalue weighted by Crippen LogP contribution is 2.04. The van der Waals surface area contributed by atoms with Crippen LogP contribution in [0.25, 0.3) is 0 Å². The van der Waals surface area contributed by atoms with E-state index in [4.69, 9.17) is 23.2 Å². The number of carbonyl (C=O) groups excluding carboxylic acids is 1. The van der Waals surface area contributed by atoms with Gasteiger partial charge in [0.1, 0.15) is 0 Å². The summed E-state index contributed by atoms with van der Waals surface area (Å²) in [5, 5.41) is 0. The van der Waals surface area contributed by atoms with Gasteiger partial charge in [-0.3, -0.25) is 9.78 Å². The smallest absolute Gasteiger partial charge is 0.254 e. The fourth-order valence-electron chi connectivity index (χ4n) is 1.20. The fraction of sp³-hybridized carbons (Fsp3) is 0.400. The van der Waals surface area contributed by atoms with Crippen molar-refractivity contribution in [3.63, 3.8) is 0 Å². The largest absolute Gasteiger partial charge is 0.336 e. The molecule has 1 aromatic rings. The van der Waals surface area contributed by atoms with Crippen LogP contribution < -0.4 is 0 Å². The van der Waals surface area contributed by atoms with Gasteiger partial charge in [0.05, 0.1) is 0 Å². The lowest BCUT2D eigenvalue weighted by molar-refractivity contribution is 0.0775. The first kappa shape index (κ1) is 12.3. The molecule has 0 aliphatic carbocycles. The van der Waals surface area contributed by atoms with E-state index in [1.165, 1.54) is 0 Å². The van der Waals surface area contributed by atoms with Crippen LogP contribution in [-0.4, -0.2) is 40.6 Å². The van der Waals surface area contributed by atoms with Crippen LogP contribution in [0, 0.1) is 0 Å². The third kappa shape index (κ3) is 3.68. The van der Waals surface area contributed by atoms with Crippen molar-refractivity contribution in [1.82, 2.24) is 9.88 Å². The number of carbonyl (C=O) groups is 1. The maximum Gasteiger partial charge on any atom is 0.254 e. The first-order valence-electron chi connectivity index (χ1n) is 4.61. The van der Waals surface area contributed by atoms with E-state index in [2.05, 4.69) is 4.98 Å². The van der Waals surface area contributed by atoms with E-state index in [0.29, 0.717) is 30.4 Å². The molecule has 0 saturated heterocycles. The van der Waals surface area contributed by atoms with Crippen LogP contribution in [0.1, 0.15) is 10.4 Å². The predicted molar refractivity (Wildman–Crippen MR) is 61.6 cm³/mol. The normalized spacial score (nSPS) is 10.0. The minimum atomic E-state index is -0.0568. The summed E-state index contributed by atoms with van der Waals surface area (Å²) in [5.41, 5.74) is 0.611. The zero-order valence-electron chi connectivity index (χ0n) is 8.20. The van der Waals surface area contributed by atoms with Crippen LogP contribution in [0.15, 0.2) is 24.5 Å². The Labute approximate surface area is 99.0 Å². The van der Waals surface area contributed by atoms with Crippen molar-refractivity contribution in [2.75, 3.05) is 24.8 Å². The van der Waals surface area contributed by atoms with Gasteiger partial charge in [-0.1, -0.05) is 0 Å². The van der Waals surface area contributed by atoms with Crippen molar-refractivity contribution in [3.05, 3.63) is 30.1 Å². The standard InChI is InChI=1S/C10H12Cl2N2O/c11-3-7-14(8-4-12)10(15)9-1-5-13-6-2-9/h1-2,5-6H,3-4,7-8H2. The van der Waals surface area contributed by atoms with E-state index >= 15 is 0 Å². The number of hydrogen-bond acceptors (Lipinski definition) is 2. The lowest BCUT2D eigenvalue weighted by Crippen LogP contribution is -2.34. The summed E-state index contributed by atoms with van der Waals surface area (Å²) >= 11 is 11.2. The minimum Gasteiger partial charge on any atom is -0.336 e. The lowest BCUT2D eigenvalue weighted by atomic mass is 10.2. The molecule has 1 heterocycles. The fourth-order valence-corrected chi connectivity index (χ4v) is 1.60. The summed E-state index contributed by atoms with van der Waals surface area (Å²) in [6.07, 6.45) is 3.18. The average Bonchev–Trinajstić information content (AvgIpc) is 2.29. The molecule has 1 rings (SSSR count). The van der Waals surface area contributed by atoms with E-state index in [-0.39, 0.29) is 5.91 Å². The number of amides is 1. The van der Waals surface area contributed by atoms with Crippen molar-refractivity contribution in [2.45, 2.75) is 0 Å². The molecule has 3 nitrogen and oxygen atoms in total. The lowest BCUT2D eigenvalue weighted by Gasteiger charge is -2.20. The summed E-state index contributed by atoms with van der Waals surface area (Å²) in [6.45, 7) is 1.02. The zero-order valence-corrected chi connectivity index (χ0v) is 9.71. The molecular weight excluding hydrogens is 235 g/mol. The topological polar surface area (TPSA) is 33.2 Å². The number of alkyl halides is 2. The second-order valence-corrected chi connectivity index (χ2v) is 3.66. The van der Waals surface area contributed by atoms with E-state index in [1.807, 2.05) is 0 Å². The maximum atomic E-state index is 11.9. The summed E-state index contributed by atoms with van der Waals surface area (Å²) in [5.74, 6) is 0.764. The monoisotopic (exact) mass is 246 g/mol. The van der Waals surface area contributed by atoms with E-state index in [1.54, 1.807) is 29.4 Å². The molecular formula is C10H12Cl2N2O. The molecule has 1 amide bonds. The Kier molecular flexibility index (Phi) is 5.43. The van der Waals surface area contributed by atoms with Gasteiger partial charge in [0.25, 0.3) is 5.91 Å². The Morgan fingerprint density at radius 2 is 1.73 bits per heavy atom. The van der Waals surface area contributed by atoms with Crippen molar-refractivity contribution >= 4 is 29.1 Å². The Balaban J connectivity index is 2.71. The molecule has 0 spiro atoms. The first-order valence-corrected chi connectivity index (χ1v) is 5.67. The van der Waals surface area contributed by atoms with E-state index in [0.717, 1.165) is 0 Å². The van der Waals surface area contributed by atoms with Gasteiger partial charge < -0.3 is 4.90 Å². The van der Waals surface area contributed by atoms with Crippen molar-refractivity contribution in [1.29, 1.82) is 0 Å². The van der Waals surface area contributed by atoms with Gasteiger partial charge >= 0.3 is 0 Å². The zero-order chi connectivity index (χ0) is 11.1. The molecule has 0 aliphatic heterocycles. The van der Waals surface area contributed by atoms with Gasteiger partial charge in [-0.15, -0.1) is 23.2 Å². The van der Waals surface area contributed by atoms with Crippen LogP contribution >= 0.6 is 23.2 Å². The molecule has 1 aromatic heterocycles. The van der Waals surface area contributed by atoms with Gasteiger partial charge in [-0.05, 0) is 12.1 Å². The summed E-state index contributed by atoms with van der Waals surface area (Å²) < 4.78 is 0. The van der Waals surface area contributed by atoms with Gasteiger partial charge in [0.15, 0.2) is 0 Å². The Hall–Kier alpha value is -0.800. The van der Waals surface area contributed by atoms with Crippen molar-refractivity contribution < 1.29 is 4.79 Å². The maximum absolute atomic E-state index is 11.9. The first-order chi connectivity index (χ1) is 7.29. The number of nitrogens with zero attached hydrogens (tertiary/aromatic N) is 2. The minimum absolute atomic E-state index is 0.0568.